The minimum Gasteiger partial charge on any atom is -0.494 e. The highest BCUT2D eigenvalue weighted by Gasteiger charge is 2.22. The average molecular weight is 505 g/mol. The second-order valence-electron chi connectivity index (χ2n) is 8.76. The molecule has 1 saturated heterocycles. The average Bonchev–Trinajstić information content (AvgIpc) is 3.20. The Labute approximate surface area is 207 Å². The third-order valence-electron chi connectivity index (χ3n) is 6.28. The van der Waals surface area contributed by atoms with Crippen molar-refractivity contribution >= 4 is 37.8 Å². The van der Waals surface area contributed by atoms with E-state index in [4.69, 9.17) is 4.99 Å². The van der Waals surface area contributed by atoms with E-state index in [0.29, 0.717) is 47.5 Å². The zero-order valence-corrected chi connectivity index (χ0v) is 20.1. The number of nitrogens with zero attached hydrogens (tertiary/aromatic N) is 3. The van der Waals surface area contributed by atoms with Crippen molar-refractivity contribution in [2.24, 2.45) is 4.99 Å². The summed E-state index contributed by atoms with van der Waals surface area (Å²) in [6.07, 6.45) is 0. The number of fused-ring (bicyclic) bond motifs is 1. The Morgan fingerprint density at radius 2 is 1.72 bits per heavy atom. The van der Waals surface area contributed by atoms with Crippen LogP contribution in [0.25, 0.3) is 10.9 Å². The Balaban J connectivity index is 1.51. The van der Waals surface area contributed by atoms with Crippen molar-refractivity contribution in [3.05, 3.63) is 99.6 Å². The van der Waals surface area contributed by atoms with Crippen LogP contribution in [-0.4, -0.2) is 58.6 Å². The van der Waals surface area contributed by atoms with Crippen LogP contribution in [0.4, 0.5) is 11.4 Å². The highest BCUT2D eigenvalue weighted by atomic mass is 32.2. The van der Waals surface area contributed by atoms with Gasteiger partial charge in [0.05, 0.1) is 33.4 Å². The number of benzene rings is 3. The number of aromatic amines is 1. The van der Waals surface area contributed by atoms with Gasteiger partial charge < -0.3 is 10.1 Å². The van der Waals surface area contributed by atoms with E-state index >= 15 is 0 Å². The van der Waals surface area contributed by atoms with Gasteiger partial charge in [-0.25, -0.2) is 13.4 Å². The van der Waals surface area contributed by atoms with E-state index in [1.807, 2.05) is 54.6 Å². The zero-order valence-electron chi connectivity index (χ0n) is 19.3. The quantitative estimate of drug-likeness (QED) is 0.230. The predicted octanol–water partition coefficient (Wildman–Crippen LogP) is 4.18. The van der Waals surface area contributed by atoms with Crippen LogP contribution in [0.1, 0.15) is 16.7 Å². The van der Waals surface area contributed by atoms with E-state index in [9.17, 15) is 23.6 Å². The molecule has 3 aromatic carbocycles. The summed E-state index contributed by atoms with van der Waals surface area (Å²) < 4.78 is 23.3. The van der Waals surface area contributed by atoms with Crippen molar-refractivity contribution < 1.29 is 18.4 Å². The molecule has 184 valence electrons. The largest absolute Gasteiger partial charge is 0.494 e. The van der Waals surface area contributed by atoms with Gasteiger partial charge in [0, 0.05) is 48.2 Å². The number of nitro groups is 1. The molecule has 1 fully saturated rings. The first-order valence-electron chi connectivity index (χ1n) is 11.4. The van der Waals surface area contributed by atoms with Gasteiger partial charge in [-0.05, 0) is 23.8 Å². The molecule has 0 radical (unpaired) electrons. The molecule has 36 heavy (non-hydrogen) atoms. The third kappa shape index (κ3) is 5.00. The second-order valence-corrected chi connectivity index (χ2v) is 11.1. The van der Waals surface area contributed by atoms with Gasteiger partial charge in [0.15, 0.2) is 15.7 Å². The lowest BCUT2D eigenvalue weighted by Crippen LogP contribution is -2.39. The molecule has 1 aromatic heterocycles. The number of rotatable bonds is 6. The van der Waals surface area contributed by atoms with Gasteiger partial charge >= 0.3 is 0 Å². The van der Waals surface area contributed by atoms with Crippen molar-refractivity contribution in [3.8, 4) is 5.88 Å². The monoisotopic (exact) mass is 504 g/mol. The minimum absolute atomic E-state index is 0.0787. The van der Waals surface area contributed by atoms with Crippen LogP contribution < -0.4 is 0 Å². The summed E-state index contributed by atoms with van der Waals surface area (Å²) in [5.74, 6) is 0.245. The normalized spacial score (nSPS) is 16.3. The number of hydrogen-bond acceptors (Lipinski definition) is 7. The molecule has 10 heteroatoms. The molecule has 0 unspecified atom stereocenters. The van der Waals surface area contributed by atoms with Gasteiger partial charge in [0.25, 0.3) is 5.69 Å². The topological polar surface area (TPSA) is 129 Å². The molecule has 2 heterocycles. The molecule has 2 N–H and O–H groups in total. The van der Waals surface area contributed by atoms with Crippen molar-refractivity contribution in [2.75, 3.05) is 24.6 Å². The van der Waals surface area contributed by atoms with E-state index in [0.717, 1.165) is 11.1 Å². The second kappa shape index (κ2) is 9.56. The number of H-pyrrole nitrogens is 1. The molecule has 0 aliphatic carbocycles. The van der Waals surface area contributed by atoms with Gasteiger partial charge in [-0.15, -0.1) is 0 Å². The number of hydrogen-bond donors (Lipinski definition) is 2. The molecule has 4 aromatic rings. The van der Waals surface area contributed by atoms with Crippen molar-refractivity contribution in [1.29, 1.82) is 0 Å². The van der Waals surface area contributed by atoms with Gasteiger partial charge in [0.1, 0.15) is 0 Å². The fraction of sp³-hybridized carbons (Fsp3) is 0.192. The molecule has 0 spiro atoms. The van der Waals surface area contributed by atoms with Crippen LogP contribution in [0, 0.1) is 10.1 Å². The molecule has 0 amide bonds. The summed E-state index contributed by atoms with van der Waals surface area (Å²) >= 11 is 0. The summed E-state index contributed by atoms with van der Waals surface area (Å²) in [7, 11) is -2.92. The molecule has 1 aliphatic heterocycles. The van der Waals surface area contributed by atoms with Crippen LogP contribution in [0.2, 0.25) is 0 Å². The van der Waals surface area contributed by atoms with Crippen LogP contribution >= 0.6 is 0 Å². The first-order valence-corrected chi connectivity index (χ1v) is 13.3. The van der Waals surface area contributed by atoms with Gasteiger partial charge in [-0.1, -0.05) is 42.5 Å². The molecular formula is C26H24N4O5S. The summed E-state index contributed by atoms with van der Waals surface area (Å²) in [6, 6.07) is 21.4. The van der Waals surface area contributed by atoms with E-state index < -0.39 is 14.8 Å². The number of non-ortho nitro benzene ring substituents is 1. The lowest BCUT2D eigenvalue weighted by atomic mass is 10.0. The van der Waals surface area contributed by atoms with Crippen LogP contribution in [0.3, 0.4) is 0 Å². The number of aromatic hydroxyl groups is 1. The Kier molecular flexibility index (Phi) is 6.29. The predicted molar refractivity (Wildman–Crippen MR) is 139 cm³/mol. The Hall–Kier alpha value is -4.02. The number of nitrogens with one attached hydrogen (secondary N) is 1. The Morgan fingerprint density at radius 3 is 2.39 bits per heavy atom. The summed E-state index contributed by atoms with van der Waals surface area (Å²) in [4.78, 5) is 20.7. The van der Waals surface area contributed by atoms with Gasteiger partial charge in [-0.2, -0.15) is 0 Å². The van der Waals surface area contributed by atoms with E-state index in [-0.39, 0.29) is 23.1 Å². The minimum atomic E-state index is -2.92. The van der Waals surface area contributed by atoms with E-state index in [1.165, 1.54) is 12.1 Å². The van der Waals surface area contributed by atoms with Crippen LogP contribution in [-0.2, 0) is 16.4 Å². The molecule has 5 rings (SSSR count). The van der Waals surface area contributed by atoms with Crippen molar-refractivity contribution in [3.63, 3.8) is 0 Å². The first kappa shape index (κ1) is 23.7. The van der Waals surface area contributed by atoms with Crippen LogP contribution in [0.15, 0.2) is 77.8 Å². The zero-order chi connectivity index (χ0) is 25.3. The maximum absolute atomic E-state index is 11.7. The van der Waals surface area contributed by atoms with Crippen LogP contribution in [0.5, 0.6) is 5.88 Å². The summed E-state index contributed by atoms with van der Waals surface area (Å²) in [6.45, 7) is 1.69. The van der Waals surface area contributed by atoms with Crippen molar-refractivity contribution in [2.45, 2.75) is 6.54 Å². The fourth-order valence-corrected chi connectivity index (χ4v) is 5.63. The Morgan fingerprint density at radius 1 is 1.03 bits per heavy atom. The maximum Gasteiger partial charge on any atom is 0.270 e. The number of aliphatic imine (C=N–C) groups is 1. The number of nitro benzene ring substituents is 1. The Bertz CT molecular complexity index is 1550. The van der Waals surface area contributed by atoms with E-state index in [2.05, 4.69) is 9.88 Å². The fourth-order valence-electron chi connectivity index (χ4n) is 4.35. The standard InChI is InChI=1S/C26H24N4O5S/c31-26-24(22-16-21(30(32)33)10-11-23(22)28-26)25(19-4-2-1-3-5-19)27-20-8-6-18(7-9-20)17-29-12-14-36(34,35)15-13-29/h1-11,16,28,31H,12-15,17H2. The van der Waals surface area contributed by atoms with Gasteiger partial charge in [0.2, 0.25) is 0 Å². The van der Waals surface area contributed by atoms with E-state index in [1.54, 1.807) is 6.07 Å². The molecule has 0 bridgehead atoms. The smallest absolute Gasteiger partial charge is 0.270 e. The summed E-state index contributed by atoms with van der Waals surface area (Å²) in [5, 5.41) is 22.7. The number of aromatic nitrogens is 1. The number of sulfone groups is 1. The summed E-state index contributed by atoms with van der Waals surface area (Å²) in [5.41, 5.74) is 3.80. The SMILES string of the molecule is O=[N+]([O-])c1ccc2[nH]c(O)c(C(=Nc3ccc(CN4CCS(=O)(=O)CC4)cc3)c3ccccc3)c2c1. The highest BCUT2D eigenvalue weighted by molar-refractivity contribution is 7.91. The lowest BCUT2D eigenvalue weighted by molar-refractivity contribution is -0.384. The highest BCUT2D eigenvalue weighted by Crippen LogP contribution is 2.33. The van der Waals surface area contributed by atoms with Crippen molar-refractivity contribution in [1.82, 2.24) is 9.88 Å². The molecule has 9 nitrogen and oxygen atoms in total. The lowest BCUT2D eigenvalue weighted by Gasteiger charge is -2.26. The molecule has 1 aliphatic rings. The van der Waals surface area contributed by atoms with Gasteiger partial charge in [-0.3, -0.25) is 15.0 Å². The maximum atomic E-state index is 11.7. The third-order valence-corrected chi connectivity index (χ3v) is 7.89. The molecule has 0 saturated carbocycles. The molecule has 0 atom stereocenters. The molecular weight excluding hydrogens is 480 g/mol. The first-order chi connectivity index (χ1) is 17.3.